The summed E-state index contributed by atoms with van der Waals surface area (Å²) in [4.78, 5) is 12.1. The van der Waals surface area contributed by atoms with Crippen molar-refractivity contribution in [3.8, 4) is 0 Å². The van der Waals surface area contributed by atoms with Crippen LogP contribution in [0.1, 0.15) is 36.2 Å². The summed E-state index contributed by atoms with van der Waals surface area (Å²) in [6.45, 7) is 4.63. The van der Waals surface area contributed by atoms with Crippen LogP contribution in [0.25, 0.3) is 0 Å². The number of nitrogens with zero attached hydrogens (tertiary/aromatic N) is 2. The van der Waals surface area contributed by atoms with Gasteiger partial charge in [0.1, 0.15) is 0 Å². The van der Waals surface area contributed by atoms with Crippen LogP contribution < -0.4 is 5.32 Å². The minimum atomic E-state index is -0.0419. The van der Waals surface area contributed by atoms with Crippen molar-refractivity contribution in [3.05, 3.63) is 52.8 Å². The SMILES string of the molecule is CCC(C)NC(=O)c1cccc(Cn2cc(Cl)cn2)c1. The fraction of sp³-hybridized carbons (Fsp3) is 0.333. The molecule has 4 nitrogen and oxygen atoms in total. The third kappa shape index (κ3) is 3.84. The molecule has 1 amide bonds. The summed E-state index contributed by atoms with van der Waals surface area (Å²) in [6, 6.07) is 7.72. The largest absolute Gasteiger partial charge is 0.350 e. The van der Waals surface area contributed by atoms with Crippen LogP contribution in [0.2, 0.25) is 5.02 Å². The van der Waals surface area contributed by atoms with Crippen molar-refractivity contribution in [1.29, 1.82) is 0 Å². The van der Waals surface area contributed by atoms with Crippen molar-refractivity contribution in [3.63, 3.8) is 0 Å². The Labute approximate surface area is 123 Å². The van der Waals surface area contributed by atoms with E-state index < -0.39 is 0 Å². The zero-order valence-corrected chi connectivity index (χ0v) is 12.4. The first-order valence-electron chi connectivity index (χ1n) is 6.66. The van der Waals surface area contributed by atoms with Crippen LogP contribution in [0.15, 0.2) is 36.7 Å². The van der Waals surface area contributed by atoms with Crippen LogP contribution in [-0.4, -0.2) is 21.7 Å². The number of rotatable bonds is 5. The Morgan fingerprint density at radius 2 is 2.30 bits per heavy atom. The standard InChI is InChI=1S/C15H18ClN3O/c1-3-11(2)18-15(20)13-6-4-5-12(7-13)9-19-10-14(16)8-17-19/h4-8,10-11H,3,9H2,1-2H3,(H,18,20). The topological polar surface area (TPSA) is 46.9 Å². The number of hydrogen-bond donors (Lipinski definition) is 1. The Morgan fingerprint density at radius 1 is 1.50 bits per heavy atom. The van der Waals surface area contributed by atoms with Gasteiger partial charge in [-0.2, -0.15) is 5.10 Å². The molecule has 1 aromatic carbocycles. The zero-order valence-electron chi connectivity index (χ0n) is 11.6. The van der Waals surface area contributed by atoms with Gasteiger partial charge in [-0.3, -0.25) is 9.48 Å². The predicted molar refractivity (Wildman–Crippen MR) is 80.0 cm³/mol. The maximum absolute atomic E-state index is 12.1. The molecule has 0 saturated heterocycles. The van der Waals surface area contributed by atoms with Crippen LogP contribution in [-0.2, 0) is 6.54 Å². The van der Waals surface area contributed by atoms with E-state index in [1.807, 2.05) is 38.1 Å². The average molecular weight is 292 g/mol. The lowest BCUT2D eigenvalue weighted by molar-refractivity contribution is 0.0939. The number of halogens is 1. The molecule has 0 aliphatic heterocycles. The Kier molecular flexibility index (Phi) is 4.79. The Balaban J connectivity index is 2.09. The van der Waals surface area contributed by atoms with Crippen molar-refractivity contribution in [2.45, 2.75) is 32.9 Å². The second-order valence-corrected chi connectivity index (χ2v) is 5.28. The van der Waals surface area contributed by atoms with Crippen LogP contribution in [0.5, 0.6) is 0 Å². The molecule has 20 heavy (non-hydrogen) atoms. The van der Waals surface area contributed by atoms with Gasteiger partial charge in [0, 0.05) is 17.8 Å². The maximum atomic E-state index is 12.1. The number of carbonyl (C=O) groups is 1. The highest BCUT2D eigenvalue weighted by Gasteiger charge is 2.09. The lowest BCUT2D eigenvalue weighted by atomic mass is 10.1. The van der Waals surface area contributed by atoms with E-state index in [0.717, 1.165) is 12.0 Å². The Morgan fingerprint density at radius 3 is 2.95 bits per heavy atom. The molecule has 106 valence electrons. The fourth-order valence-electron chi connectivity index (χ4n) is 1.83. The molecule has 1 atom stereocenters. The normalized spacial score (nSPS) is 12.2. The van der Waals surface area contributed by atoms with Crippen LogP contribution >= 0.6 is 11.6 Å². The minimum absolute atomic E-state index is 0.0419. The van der Waals surface area contributed by atoms with Crippen molar-refractivity contribution in [2.75, 3.05) is 0 Å². The minimum Gasteiger partial charge on any atom is -0.350 e. The van der Waals surface area contributed by atoms with Gasteiger partial charge in [0.2, 0.25) is 0 Å². The molecule has 0 spiro atoms. The van der Waals surface area contributed by atoms with Crippen molar-refractivity contribution in [1.82, 2.24) is 15.1 Å². The summed E-state index contributed by atoms with van der Waals surface area (Å²) in [7, 11) is 0. The number of aromatic nitrogens is 2. The quantitative estimate of drug-likeness (QED) is 0.920. The van der Waals surface area contributed by atoms with E-state index in [1.54, 1.807) is 17.1 Å². The van der Waals surface area contributed by atoms with Gasteiger partial charge in [0.05, 0.1) is 17.8 Å². The molecular weight excluding hydrogens is 274 g/mol. The van der Waals surface area contributed by atoms with E-state index in [-0.39, 0.29) is 11.9 Å². The van der Waals surface area contributed by atoms with Crippen molar-refractivity contribution in [2.24, 2.45) is 0 Å². The van der Waals surface area contributed by atoms with Crippen LogP contribution in [0.4, 0.5) is 0 Å². The van der Waals surface area contributed by atoms with E-state index in [2.05, 4.69) is 10.4 Å². The molecule has 1 N–H and O–H groups in total. The monoisotopic (exact) mass is 291 g/mol. The average Bonchev–Trinajstić information content (AvgIpc) is 2.84. The van der Waals surface area contributed by atoms with Gasteiger partial charge in [-0.15, -0.1) is 0 Å². The molecule has 0 fully saturated rings. The molecule has 0 saturated carbocycles. The number of hydrogen-bond acceptors (Lipinski definition) is 2. The molecule has 0 aliphatic rings. The number of nitrogens with one attached hydrogen (secondary N) is 1. The van der Waals surface area contributed by atoms with Gasteiger partial charge in [-0.05, 0) is 31.0 Å². The second-order valence-electron chi connectivity index (χ2n) is 4.84. The van der Waals surface area contributed by atoms with Crippen molar-refractivity contribution < 1.29 is 4.79 Å². The molecule has 2 rings (SSSR count). The highest BCUT2D eigenvalue weighted by Crippen LogP contribution is 2.10. The first-order chi connectivity index (χ1) is 9.58. The predicted octanol–water partition coefficient (Wildman–Crippen LogP) is 3.11. The van der Waals surface area contributed by atoms with E-state index >= 15 is 0 Å². The summed E-state index contributed by atoms with van der Waals surface area (Å²) >= 11 is 5.83. The van der Waals surface area contributed by atoms with Gasteiger partial charge in [-0.25, -0.2) is 0 Å². The maximum Gasteiger partial charge on any atom is 0.251 e. The molecular formula is C15H18ClN3O. The molecule has 1 aromatic heterocycles. The Bertz CT molecular complexity index is 594. The second kappa shape index (κ2) is 6.57. The first kappa shape index (κ1) is 14.6. The number of amides is 1. The highest BCUT2D eigenvalue weighted by molar-refractivity contribution is 6.30. The summed E-state index contributed by atoms with van der Waals surface area (Å²) in [6.07, 6.45) is 4.27. The van der Waals surface area contributed by atoms with Gasteiger partial charge in [0.15, 0.2) is 0 Å². The smallest absolute Gasteiger partial charge is 0.251 e. The summed E-state index contributed by atoms with van der Waals surface area (Å²) < 4.78 is 1.74. The molecule has 0 bridgehead atoms. The van der Waals surface area contributed by atoms with Gasteiger partial charge >= 0.3 is 0 Å². The first-order valence-corrected chi connectivity index (χ1v) is 7.04. The molecule has 5 heteroatoms. The summed E-state index contributed by atoms with van der Waals surface area (Å²) in [5.41, 5.74) is 1.68. The fourth-order valence-corrected chi connectivity index (χ4v) is 1.99. The third-order valence-electron chi connectivity index (χ3n) is 3.13. The van der Waals surface area contributed by atoms with Gasteiger partial charge in [-0.1, -0.05) is 30.7 Å². The lowest BCUT2D eigenvalue weighted by Crippen LogP contribution is -2.31. The molecule has 1 unspecified atom stereocenters. The number of carbonyl (C=O) groups excluding carboxylic acids is 1. The third-order valence-corrected chi connectivity index (χ3v) is 3.32. The van der Waals surface area contributed by atoms with E-state index in [0.29, 0.717) is 17.1 Å². The summed E-state index contributed by atoms with van der Waals surface area (Å²) in [5.74, 6) is -0.0419. The van der Waals surface area contributed by atoms with E-state index in [9.17, 15) is 4.79 Å². The zero-order chi connectivity index (χ0) is 14.5. The summed E-state index contributed by atoms with van der Waals surface area (Å²) in [5, 5.41) is 7.70. The molecule has 1 heterocycles. The Hall–Kier alpha value is -1.81. The van der Waals surface area contributed by atoms with Gasteiger partial charge < -0.3 is 5.32 Å². The number of benzene rings is 1. The van der Waals surface area contributed by atoms with Crippen LogP contribution in [0.3, 0.4) is 0 Å². The molecule has 2 aromatic rings. The highest BCUT2D eigenvalue weighted by atomic mass is 35.5. The molecule has 0 aliphatic carbocycles. The van der Waals surface area contributed by atoms with Crippen molar-refractivity contribution >= 4 is 17.5 Å². The molecule has 0 radical (unpaired) electrons. The van der Waals surface area contributed by atoms with E-state index in [1.165, 1.54) is 0 Å². The van der Waals surface area contributed by atoms with Gasteiger partial charge in [0.25, 0.3) is 5.91 Å². The lowest BCUT2D eigenvalue weighted by Gasteiger charge is -2.12. The van der Waals surface area contributed by atoms with Crippen LogP contribution in [0, 0.1) is 0 Å². The van der Waals surface area contributed by atoms with E-state index in [4.69, 9.17) is 11.6 Å².